The Balaban J connectivity index is 0. The van der Waals surface area contributed by atoms with Gasteiger partial charge in [-0.25, -0.2) is 0 Å². The third-order valence-electron chi connectivity index (χ3n) is 0. The molecule has 0 amide bonds. The summed E-state index contributed by atoms with van der Waals surface area (Å²) in [5.74, 6) is 0. The van der Waals surface area contributed by atoms with Crippen LogP contribution in [0.3, 0.4) is 0 Å². The van der Waals surface area contributed by atoms with Crippen LogP contribution in [0.4, 0.5) is 0 Å². The zero-order valence-electron chi connectivity index (χ0n) is 3.54. The van der Waals surface area contributed by atoms with Crippen molar-refractivity contribution < 1.29 is 70.1 Å². The van der Waals surface area contributed by atoms with Crippen molar-refractivity contribution in [3.63, 3.8) is 0 Å². The summed E-state index contributed by atoms with van der Waals surface area (Å²) >= 11 is 0. The molecular formula is H7Cl4N2Pd-3. The van der Waals surface area contributed by atoms with Crippen LogP contribution in [0.2, 0.25) is 0 Å². The minimum Gasteiger partial charge on any atom is -1.00 e. The summed E-state index contributed by atoms with van der Waals surface area (Å²) in [6.45, 7) is 0. The van der Waals surface area contributed by atoms with Gasteiger partial charge in [-0.3, -0.25) is 0 Å². The maximum atomic E-state index is 0. The van der Waals surface area contributed by atoms with Crippen molar-refractivity contribution in [1.82, 2.24) is 12.3 Å². The van der Waals surface area contributed by atoms with Crippen LogP contribution in [0.15, 0.2) is 0 Å². The number of rotatable bonds is 0. The molecule has 0 aliphatic heterocycles. The van der Waals surface area contributed by atoms with Gasteiger partial charge in [-0.1, -0.05) is 0 Å². The predicted octanol–water partition coefficient (Wildman–Crippen LogP) is -11.4. The second-order valence-electron chi connectivity index (χ2n) is 0. The van der Waals surface area contributed by atoms with Crippen molar-refractivity contribution in [3.8, 4) is 0 Å². The second-order valence-corrected chi connectivity index (χ2v) is 0. The molecule has 0 unspecified atom stereocenters. The average Bonchev–Trinajstić information content (AvgIpc) is 0. The van der Waals surface area contributed by atoms with Gasteiger partial charge < -0.3 is 61.9 Å². The maximum absolute atomic E-state index is 0. The first-order valence-electron chi connectivity index (χ1n) is 0. The van der Waals surface area contributed by atoms with Crippen molar-refractivity contribution in [2.75, 3.05) is 0 Å². The number of quaternary nitrogens is 1. The zero-order valence-corrected chi connectivity index (χ0v) is 8.11. The summed E-state index contributed by atoms with van der Waals surface area (Å²) in [5.41, 5.74) is 0. The average molecular weight is 283 g/mol. The van der Waals surface area contributed by atoms with Gasteiger partial charge in [0.05, 0.1) is 0 Å². The number of hydrogen-bond donors (Lipinski definition) is 2. The first-order chi connectivity index (χ1) is 0. The number of hydrogen-bond acceptors (Lipinski definition) is 1. The largest absolute Gasteiger partial charge is 1.00 e. The van der Waals surface area contributed by atoms with E-state index >= 15 is 0 Å². The minimum absolute atomic E-state index is 0. The minimum atomic E-state index is 0. The molecule has 0 aliphatic carbocycles. The molecule has 0 spiro atoms. The standard InChI is InChI=1S/4ClH.2H3N.Pd/h4*1H;2*1H3;/p-3. The fourth-order valence-corrected chi connectivity index (χ4v) is 0. The fourth-order valence-electron chi connectivity index (χ4n) is 0. The summed E-state index contributed by atoms with van der Waals surface area (Å²) in [4.78, 5) is 0. The molecule has 0 rings (SSSR count). The zero-order chi connectivity index (χ0) is 0. The van der Waals surface area contributed by atoms with Crippen LogP contribution in [0.25, 0.3) is 0 Å². The molecule has 7 heteroatoms. The van der Waals surface area contributed by atoms with Crippen LogP contribution in [0, 0.1) is 0 Å². The van der Waals surface area contributed by atoms with E-state index in [4.69, 9.17) is 0 Å². The number of halogens is 4. The molecule has 0 saturated carbocycles. The molecule has 0 atom stereocenters. The first kappa shape index (κ1) is 173. The van der Waals surface area contributed by atoms with Crippen LogP contribution in [0.5, 0.6) is 0 Å². The van der Waals surface area contributed by atoms with Gasteiger partial charge in [-0.15, -0.1) is 0 Å². The van der Waals surface area contributed by atoms with Crippen molar-refractivity contribution in [2.24, 2.45) is 0 Å². The Morgan fingerprint density at radius 1 is 0.571 bits per heavy atom. The second kappa shape index (κ2) is 116. The van der Waals surface area contributed by atoms with E-state index in [2.05, 4.69) is 0 Å². The topological polar surface area (TPSA) is 71.5 Å². The third kappa shape index (κ3) is 84.1. The molecule has 0 heterocycles. The van der Waals surface area contributed by atoms with Crippen LogP contribution < -0.4 is 61.9 Å². The molecular weight excluding hydrogens is 276 g/mol. The summed E-state index contributed by atoms with van der Waals surface area (Å²) in [7, 11) is 0. The van der Waals surface area contributed by atoms with Crippen molar-refractivity contribution in [3.05, 3.63) is 0 Å². The monoisotopic (exact) mass is 281 g/mol. The molecule has 0 aromatic carbocycles. The fraction of sp³-hybridized carbons (Fsp3) is 0. The van der Waals surface area contributed by atoms with Gasteiger partial charge in [0.15, 0.2) is 0 Å². The smallest absolute Gasteiger partial charge is 0 e. The van der Waals surface area contributed by atoms with Gasteiger partial charge in [0, 0.05) is 20.4 Å². The van der Waals surface area contributed by atoms with E-state index < -0.39 is 0 Å². The quantitative estimate of drug-likeness (QED) is 0.426. The Bertz CT molecular complexity index is 9.65. The van der Waals surface area contributed by atoms with Crippen LogP contribution in [-0.2, 0) is 20.4 Å². The van der Waals surface area contributed by atoms with Crippen molar-refractivity contribution >= 4 is 0 Å². The molecule has 0 bridgehead atoms. The maximum Gasteiger partial charge on any atom is 0 e. The summed E-state index contributed by atoms with van der Waals surface area (Å²) < 4.78 is 0. The van der Waals surface area contributed by atoms with Gasteiger partial charge in [0.1, 0.15) is 0 Å². The van der Waals surface area contributed by atoms with E-state index in [1.165, 1.54) is 0 Å². The molecule has 0 radical (unpaired) electrons. The molecule has 7 N–H and O–H groups in total. The molecule has 0 fully saturated rings. The Kier molecular flexibility index (Phi) is 2860. The molecule has 0 saturated heterocycles. The molecule has 0 aromatic heterocycles. The Morgan fingerprint density at radius 3 is 0.571 bits per heavy atom. The van der Waals surface area contributed by atoms with E-state index in [0.29, 0.717) is 0 Å². The Hall–Kier alpha value is 1.74. The van der Waals surface area contributed by atoms with Gasteiger partial charge in [0.2, 0.25) is 0 Å². The Morgan fingerprint density at radius 2 is 0.571 bits per heavy atom. The molecule has 2 nitrogen and oxygen atoms in total. The third-order valence-corrected chi connectivity index (χ3v) is 0. The van der Waals surface area contributed by atoms with E-state index in [9.17, 15) is 0 Å². The van der Waals surface area contributed by atoms with Gasteiger partial charge in [-0.05, 0) is 0 Å². The predicted molar refractivity (Wildman–Crippen MR) is 11.0 cm³/mol. The SMILES string of the molecule is N.[Cl-].[Cl-].[Cl-].[Cl-].[NH4+].[Pd]. The summed E-state index contributed by atoms with van der Waals surface area (Å²) in [5, 5.41) is 0. The molecule has 58 valence electrons. The van der Waals surface area contributed by atoms with Crippen LogP contribution >= 0.6 is 0 Å². The molecule has 7 heavy (non-hydrogen) atoms. The van der Waals surface area contributed by atoms with Crippen molar-refractivity contribution in [2.45, 2.75) is 0 Å². The molecule has 0 aromatic rings. The van der Waals surface area contributed by atoms with Gasteiger partial charge in [-0.2, -0.15) is 0 Å². The molecule has 0 aliphatic rings. The van der Waals surface area contributed by atoms with Gasteiger partial charge >= 0.3 is 0 Å². The first-order valence-corrected chi connectivity index (χ1v) is 0. The summed E-state index contributed by atoms with van der Waals surface area (Å²) in [6.07, 6.45) is 0. The van der Waals surface area contributed by atoms with Crippen LogP contribution in [-0.4, -0.2) is 0 Å². The van der Waals surface area contributed by atoms with E-state index in [-0.39, 0.29) is 82.4 Å². The normalized spacial score (nSPS) is 0. The summed E-state index contributed by atoms with van der Waals surface area (Å²) in [6, 6.07) is 0. The van der Waals surface area contributed by atoms with Gasteiger partial charge in [0.25, 0.3) is 0 Å². The van der Waals surface area contributed by atoms with E-state index in [1.54, 1.807) is 0 Å². The van der Waals surface area contributed by atoms with Crippen LogP contribution in [0.1, 0.15) is 0 Å². The van der Waals surface area contributed by atoms with E-state index in [0.717, 1.165) is 0 Å². The van der Waals surface area contributed by atoms with E-state index in [1.807, 2.05) is 0 Å². The van der Waals surface area contributed by atoms with Crippen molar-refractivity contribution in [1.29, 1.82) is 0 Å². The Labute approximate surface area is 82.0 Å².